The Morgan fingerprint density at radius 3 is 1.31 bits per heavy atom. The van der Waals surface area contributed by atoms with Gasteiger partial charge in [-0.15, -0.1) is 0 Å². The third-order valence-corrected chi connectivity index (χ3v) is 18.9. The van der Waals surface area contributed by atoms with Gasteiger partial charge in [0.2, 0.25) is 0 Å². The third-order valence-electron chi connectivity index (χ3n) is 18.9. The number of carbonyl (C=O) groups excluding carboxylic acids is 6. The first-order valence-corrected chi connectivity index (χ1v) is 25.1. The highest BCUT2D eigenvalue weighted by molar-refractivity contribution is 6.02. The van der Waals surface area contributed by atoms with Crippen LogP contribution in [0.4, 0.5) is 17.6 Å². The minimum absolute atomic E-state index is 0.0524. The topological polar surface area (TPSA) is 161 Å². The molecule has 0 bridgehead atoms. The van der Waals surface area contributed by atoms with Gasteiger partial charge in [-0.3, -0.25) is 28.8 Å². The van der Waals surface area contributed by atoms with Gasteiger partial charge in [0.1, 0.15) is 25.6 Å². The second-order valence-corrected chi connectivity index (χ2v) is 22.7. The van der Waals surface area contributed by atoms with Crippen molar-refractivity contribution >= 4 is 35.1 Å². The number of esters is 2. The average molecular weight is 957 g/mol. The molecule has 8 aliphatic carbocycles. The number of rotatable bonds is 12. The molecule has 0 unspecified atom stereocenters. The van der Waals surface area contributed by atoms with Crippen LogP contribution in [-0.2, 0) is 38.2 Å². The molecule has 0 saturated heterocycles. The van der Waals surface area contributed by atoms with Crippen molar-refractivity contribution in [2.24, 2.45) is 69.0 Å². The summed E-state index contributed by atoms with van der Waals surface area (Å²) in [6, 6.07) is 0. The van der Waals surface area contributed by atoms with E-state index >= 15 is 17.6 Å². The molecule has 0 aliphatic heterocycles. The Morgan fingerprint density at radius 1 is 0.618 bits per heavy atom. The van der Waals surface area contributed by atoms with E-state index in [1.54, 1.807) is 13.8 Å². The highest BCUT2D eigenvalue weighted by Crippen LogP contribution is 2.72. The van der Waals surface area contributed by atoms with Crippen molar-refractivity contribution in [3.8, 4) is 0 Å². The van der Waals surface area contributed by atoms with Gasteiger partial charge in [-0.2, -0.15) is 0 Å². The van der Waals surface area contributed by atoms with Crippen LogP contribution in [0.3, 0.4) is 0 Å². The van der Waals surface area contributed by atoms with Crippen molar-refractivity contribution in [2.45, 2.75) is 168 Å². The molecule has 0 aromatic rings. The van der Waals surface area contributed by atoms with Crippen LogP contribution in [0.15, 0.2) is 47.6 Å². The van der Waals surface area contributed by atoms with E-state index in [-0.39, 0.29) is 110 Å². The largest absolute Gasteiger partial charge is 0.458 e. The summed E-state index contributed by atoms with van der Waals surface area (Å²) in [7, 11) is 0. The number of aliphatic hydroxyl groups excluding tert-OH is 2. The molecule has 14 heteroatoms. The molecule has 8 aliphatic rings. The Kier molecular flexibility index (Phi) is 14.4. The van der Waals surface area contributed by atoms with E-state index in [1.165, 1.54) is 36.5 Å². The number of alkyl halides is 4. The number of ketones is 4. The number of Topliss-reactive ketones (excluding diaryl/α,β-unsaturated/α-hetero) is 2. The number of fused-ring (bicyclic) bond motifs is 10. The molecule has 10 nitrogen and oxygen atoms in total. The fraction of sp³-hybridized carbons (Fsp3) is 0.741. The molecule has 0 aromatic heterocycles. The summed E-state index contributed by atoms with van der Waals surface area (Å²) in [6.45, 7) is 14.1. The van der Waals surface area contributed by atoms with E-state index in [1.807, 2.05) is 41.5 Å². The molecule has 376 valence electrons. The first kappa shape index (κ1) is 52.1. The highest BCUT2D eigenvalue weighted by atomic mass is 19.2. The van der Waals surface area contributed by atoms with Crippen molar-refractivity contribution in [1.29, 1.82) is 0 Å². The monoisotopic (exact) mass is 957 g/mol. The SMILES string of the molecule is CCCCC(=O)OCC(=O)[C@H]1[C@H](C)C[C@H]2[C@@H]3C[C@H](F)C4=CC(=O)C=C[C@]4(C)[C@@]3(F)[C@@H](O)C[C@@]21C.CCCCC(=O)OCC(=O)[C@H]1[C@H](C)C[C@H]2[C@@H]3C[C@H](F)C4=CC(=O)C=C[C@]4(C)[C@@]3(F)[C@@H](O)C[C@@]21C. The van der Waals surface area contributed by atoms with Gasteiger partial charge in [0.15, 0.2) is 34.5 Å². The van der Waals surface area contributed by atoms with Gasteiger partial charge in [-0.05, 0) is 135 Å². The van der Waals surface area contributed by atoms with E-state index in [0.29, 0.717) is 25.7 Å². The first-order chi connectivity index (χ1) is 31.8. The number of unbranched alkanes of at least 4 members (excludes halogenated alkanes) is 2. The molecular weight excluding hydrogens is 885 g/mol. The smallest absolute Gasteiger partial charge is 0.306 e. The number of hydrogen-bond acceptors (Lipinski definition) is 10. The Hall–Kier alpha value is -3.78. The summed E-state index contributed by atoms with van der Waals surface area (Å²) in [5.74, 6) is -5.49. The van der Waals surface area contributed by atoms with Crippen LogP contribution in [-0.4, -0.2) is 94.4 Å². The molecule has 0 spiro atoms. The van der Waals surface area contributed by atoms with Crippen LogP contribution >= 0.6 is 0 Å². The minimum Gasteiger partial charge on any atom is -0.458 e. The van der Waals surface area contributed by atoms with Gasteiger partial charge in [0.25, 0.3) is 0 Å². The fourth-order valence-corrected chi connectivity index (χ4v) is 15.8. The van der Waals surface area contributed by atoms with Crippen molar-refractivity contribution < 1.29 is 66.0 Å². The fourth-order valence-electron chi connectivity index (χ4n) is 15.8. The molecule has 0 amide bonds. The van der Waals surface area contributed by atoms with Crippen molar-refractivity contribution in [1.82, 2.24) is 0 Å². The van der Waals surface area contributed by atoms with Crippen molar-refractivity contribution in [3.63, 3.8) is 0 Å². The maximum atomic E-state index is 17.1. The molecule has 6 saturated carbocycles. The van der Waals surface area contributed by atoms with E-state index in [2.05, 4.69) is 0 Å². The normalized spacial score (nSPS) is 45.1. The lowest BCUT2D eigenvalue weighted by Gasteiger charge is -2.62. The second kappa shape index (κ2) is 18.8. The predicted octanol–water partition coefficient (Wildman–Crippen LogP) is 8.94. The molecule has 18 atom stereocenters. The van der Waals surface area contributed by atoms with Crippen LogP contribution < -0.4 is 0 Å². The molecule has 68 heavy (non-hydrogen) atoms. The zero-order chi connectivity index (χ0) is 50.1. The van der Waals surface area contributed by atoms with Gasteiger partial charge < -0.3 is 19.7 Å². The Morgan fingerprint density at radius 2 is 0.971 bits per heavy atom. The predicted molar refractivity (Wildman–Crippen MR) is 244 cm³/mol. The summed E-state index contributed by atoms with van der Waals surface area (Å²) in [5, 5.41) is 22.6. The molecule has 0 aromatic carbocycles. The quantitative estimate of drug-likeness (QED) is 0.143. The van der Waals surface area contributed by atoms with Gasteiger partial charge in [-0.25, -0.2) is 17.6 Å². The molecule has 0 radical (unpaired) electrons. The summed E-state index contributed by atoms with van der Waals surface area (Å²) < 4.78 is 75.5. The van der Waals surface area contributed by atoms with Crippen LogP contribution in [0.2, 0.25) is 0 Å². The molecular formula is C54H72F4O10. The highest BCUT2D eigenvalue weighted by Gasteiger charge is 2.75. The summed E-state index contributed by atoms with van der Waals surface area (Å²) in [6.07, 6.45) is 6.41. The molecule has 6 fully saturated rings. The molecule has 8 rings (SSSR count). The lowest BCUT2D eigenvalue weighted by molar-refractivity contribution is -0.202. The van der Waals surface area contributed by atoms with Crippen LogP contribution in [0.25, 0.3) is 0 Å². The second-order valence-electron chi connectivity index (χ2n) is 22.7. The van der Waals surface area contributed by atoms with Crippen molar-refractivity contribution in [2.75, 3.05) is 13.2 Å². The van der Waals surface area contributed by atoms with Crippen LogP contribution in [0.1, 0.15) is 132 Å². The zero-order valence-corrected chi connectivity index (χ0v) is 41.0. The van der Waals surface area contributed by atoms with E-state index in [9.17, 15) is 39.0 Å². The Bertz CT molecular complexity index is 2040. The Labute approximate surface area is 398 Å². The minimum atomic E-state index is -2.15. The lowest BCUT2D eigenvalue weighted by Crippen LogP contribution is -2.68. The maximum Gasteiger partial charge on any atom is 0.306 e. The summed E-state index contributed by atoms with van der Waals surface area (Å²) in [4.78, 5) is 74.2. The van der Waals surface area contributed by atoms with Gasteiger partial charge in [0.05, 0.1) is 12.2 Å². The summed E-state index contributed by atoms with van der Waals surface area (Å²) in [5.41, 5.74) is -8.43. The lowest BCUT2D eigenvalue weighted by atomic mass is 9.45. The van der Waals surface area contributed by atoms with Gasteiger partial charge in [-0.1, -0.05) is 66.5 Å². The van der Waals surface area contributed by atoms with E-state index in [4.69, 9.17) is 9.47 Å². The molecule has 0 heterocycles. The number of ether oxygens (including phenoxy) is 2. The maximum absolute atomic E-state index is 17.1. The van der Waals surface area contributed by atoms with Crippen molar-refractivity contribution in [3.05, 3.63) is 47.6 Å². The summed E-state index contributed by atoms with van der Waals surface area (Å²) >= 11 is 0. The van der Waals surface area contributed by atoms with E-state index < -0.39 is 93.2 Å². The van der Waals surface area contributed by atoms with Gasteiger partial charge in [0, 0.05) is 47.3 Å². The zero-order valence-electron chi connectivity index (χ0n) is 41.0. The Balaban J connectivity index is 0.000000201. The van der Waals surface area contributed by atoms with Crippen LogP contribution in [0.5, 0.6) is 0 Å². The average Bonchev–Trinajstić information content (AvgIpc) is 3.70. The first-order valence-electron chi connectivity index (χ1n) is 25.1. The van der Waals surface area contributed by atoms with E-state index in [0.717, 1.165) is 12.8 Å². The third kappa shape index (κ3) is 8.05. The number of halogens is 4. The number of aliphatic hydroxyl groups is 2. The van der Waals surface area contributed by atoms with Gasteiger partial charge >= 0.3 is 11.9 Å². The van der Waals surface area contributed by atoms with Crippen LogP contribution in [0, 0.1) is 69.0 Å². The number of allylic oxidation sites excluding steroid dienone is 8. The number of hydrogen-bond donors (Lipinski definition) is 2. The number of carbonyl (C=O) groups is 6. The standard InChI is InChI=1S/2C27H36F2O5/c2*1-5-6-7-23(33)34-14-21(31)24-15(2)10-17-18-12-20(28)19-11-16(30)8-9-26(19,4)27(18,29)22(32)13-25(17,24)3/h2*8-9,11,15,17-18,20,22,24,32H,5-7,10,12-14H2,1-4H3/t2*15-,17+,18+,20+,22+,24-,25+,26+,27+/m11/s1. The molecule has 2 N–H and O–H groups in total.